The molecule has 3 aromatic rings. The summed E-state index contributed by atoms with van der Waals surface area (Å²) in [5.74, 6) is 0.201. The van der Waals surface area contributed by atoms with Crippen LogP contribution in [0.3, 0.4) is 0 Å². The molecule has 0 aliphatic carbocycles. The van der Waals surface area contributed by atoms with Crippen molar-refractivity contribution >= 4 is 5.91 Å². The number of alkyl halides is 3. The van der Waals surface area contributed by atoms with Gasteiger partial charge in [0.1, 0.15) is 6.10 Å². The number of ether oxygens (including phenoxy) is 1. The number of amides is 1. The predicted octanol–water partition coefficient (Wildman–Crippen LogP) is 3.64. The summed E-state index contributed by atoms with van der Waals surface area (Å²) >= 11 is 0. The third-order valence-electron chi connectivity index (χ3n) is 5.21. The van der Waals surface area contributed by atoms with E-state index in [9.17, 15) is 18.0 Å². The van der Waals surface area contributed by atoms with Crippen LogP contribution in [-0.2, 0) is 24.4 Å². The smallest absolute Gasteiger partial charge is 0.368 e. The van der Waals surface area contributed by atoms with Crippen LogP contribution in [0.5, 0.6) is 0 Å². The van der Waals surface area contributed by atoms with Crippen molar-refractivity contribution in [3.8, 4) is 0 Å². The summed E-state index contributed by atoms with van der Waals surface area (Å²) < 4.78 is 46.2. The minimum absolute atomic E-state index is 0.165. The summed E-state index contributed by atoms with van der Waals surface area (Å²) in [6.45, 7) is 1.20. The van der Waals surface area contributed by atoms with Crippen molar-refractivity contribution in [3.63, 3.8) is 0 Å². The fourth-order valence-corrected chi connectivity index (χ4v) is 3.55. The zero-order valence-corrected chi connectivity index (χ0v) is 16.8. The highest BCUT2D eigenvalue weighted by molar-refractivity contribution is 5.90. The number of imidazole rings is 1. The van der Waals surface area contributed by atoms with Crippen molar-refractivity contribution in [2.24, 2.45) is 7.05 Å². The van der Waals surface area contributed by atoms with Gasteiger partial charge >= 0.3 is 6.18 Å². The molecule has 0 bridgehead atoms. The van der Waals surface area contributed by atoms with Gasteiger partial charge in [0.15, 0.2) is 5.82 Å². The maximum absolute atomic E-state index is 12.9. The van der Waals surface area contributed by atoms with Crippen molar-refractivity contribution < 1.29 is 22.7 Å². The Kier molecular flexibility index (Phi) is 5.77. The molecule has 162 valence electrons. The second kappa shape index (κ2) is 8.50. The summed E-state index contributed by atoms with van der Waals surface area (Å²) in [6.07, 6.45) is 0.534. The van der Waals surface area contributed by atoms with Gasteiger partial charge in [-0.25, -0.2) is 4.98 Å². The van der Waals surface area contributed by atoms with Crippen LogP contribution in [0.4, 0.5) is 13.2 Å². The zero-order valence-electron chi connectivity index (χ0n) is 16.8. The van der Waals surface area contributed by atoms with Crippen molar-refractivity contribution in [1.29, 1.82) is 0 Å². The lowest BCUT2D eigenvalue weighted by Crippen LogP contribution is -2.43. The topological polar surface area (TPSA) is 60.2 Å². The maximum Gasteiger partial charge on any atom is 0.416 e. The van der Waals surface area contributed by atoms with Crippen LogP contribution in [0.25, 0.3) is 0 Å². The fraction of sp³-hybridized carbons (Fsp3) is 0.318. The molecule has 9 heteroatoms. The molecular formula is C22H21F3N4O2. The standard InChI is InChI=1S/C22H21F3N4O2/c1-28-8-7-26-20(28)21(30)29-9-10-31-19(14-29)18-6-5-16(13-27-18)11-15-3-2-4-17(12-15)22(23,24)25/h2-8,12-13,19H,9-11,14H2,1H3/t19-/m0/s1. The number of carbonyl (C=O) groups is 1. The second-order valence-corrected chi connectivity index (χ2v) is 7.44. The van der Waals surface area contributed by atoms with E-state index >= 15 is 0 Å². The Bertz CT molecular complexity index is 1060. The highest BCUT2D eigenvalue weighted by Crippen LogP contribution is 2.30. The largest absolute Gasteiger partial charge is 0.416 e. The molecular weight excluding hydrogens is 409 g/mol. The second-order valence-electron chi connectivity index (χ2n) is 7.44. The molecule has 1 amide bonds. The minimum Gasteiger partial charge on any atom is -0.368 e. The Morgan fingerprint density at radius 2 is 2.03 bits per heavy atom. The molecule has 1 atom stereocenters. The van der Waals surface area contributed by atoms with E-state index in [2.05, 4.69) is 9.97 Å². The molecule has 31 heavy (non-hydrogen) atoms. The zero-order chi connectivity index (χ0) is 22.0. The molecule has 0 radical (unpaired) electrons. The fourth-order valence-electron chi connectivity index (χ4n) is 3.55. The van der Waals surface area contributed by atoms with E-state index in [4.69, 9.17) is 4.74 Å². The van der Waals surface area contributed by atoms with Gasteiger partial charge in [-0.15, -0.1) is 0 Å². The Morgan fingerprint density at radius 1 is 1.19 bits per heavy atom. The average Bonchev–Trinajstić information content (AvgIpc) is 3.19. The van der Waals surface area contributed by atoms with Crippen LogP contribution < -0.4 is 0 Å². The third-order valence-corrected chi connectivity index (χ3v) is 5.21. The lowest BCUT2D eigenvalue weighted by molar-refractivity contribution is -0.137. The number of hydrogen-bond donors (Lipinski definition) is 0. The normalized spacial score (nSPS) is 17.0. The Labute approximate surface area is 177 Å². The predicted molar refractivity (Wildman–Crippen MR) is 106 cm³/mol. The lowest BCUT2D eigenvalue weighted by atomic mass is 10.0. The number of rotatable bonds is 4. The van der Waals surface area contributed by atoms with E-state index < -0.39 is 11.7 Å². The van der Waals surface area contributed by atoms with Crippen LogP contribution in [0.2, 0.25) is 0 Å². The summed E-state index contributed by atoms with van der Waals surface area (Å²) in [5, 5.41) is 0. The molecule has 1 aliphatic rings. The first kappa shape index (κ1) is 21.0. The molecule has 2 aromatic heterocycles. The van der Waals surface area contributed by atoms with Crippen molar-refractivity contribution in [2.45, 2.75) is 18.7 Å². The minimum atomic E-state index is -4.37. The third kappa shape index (κ3) is 4.77. The number of pyridine rings is 1. The van der Waals surface area contributed by atoms with Crippen LogP contribution in [0.1, 0.15) is 39.1 Å². The van der Waals surface area contributed by atoms with Crippen LogP contribution in [0.15, 0.2) is 55.0 Å². The molecule has 0 saturated carbocycles. The van der Waals surface area contributed by atoms with Gasteiger partial charge in [0, 0.05) is 32.2 Å². The van der Waals surface area contributed by atoms with E-state index in [0.717, 1.165) is 17.7 Å². The van der Waals surface area contributed by atoms with E-state index in [1.165, 1.54) is 6.07 Å². The SMILES string of the molecule is Cn1ccnc1C(=O)N1CCO[C@H](c2ccc(Cc3cccc(C(F)(F)F)c3)cn2)C1. The number of nitrogens with zero attached hydrogens (tertiary/aromatic N) is 4. The number of morpholine rings is 1. The average molecular weight is 430 g/mol. The van der Waals surface area contributed by atoms with E-state index in [1.807, 2.05) is 6.07 Å². The van der Waals surface area contributed by atoms with Crippen LogP contribution in [-0.4, -0.2) is 45.0 Å². The van der Waals surface area contributed by atoms with Gasteiger partial charge in [0.25, 0.3) is 5.91 Å². The maximum atomic E-state index is 12.9. The Morgan fingerprint density at radius 3 is 2.71 bits per heavy atom. The number of halogens is 3. The summed E-state index contributed by atoms with van der Waals surface area (Å²) in [4.78, 5) is 22.9. The summed E-state index contributed by atoms with van der Waals surface area (Å²) in [6, 6.07) is 8.90. The summed E-state index contributed by atoms with van der Waals surface area (Å²) in [7, 11) is 1.77. The van der Waals surface area contributed by atoms with Crippen molar-refractivity contribution in [1.82, 2.24) is 19.4 Å². The monoisotopic (exact) mass is 430 g/mol. The molecule has 1 aliphatic heterocycles. The number of carbonyl (C=O) groups excluding carboxylic acids is 1. The first-order valence-corrected chi connectivity index (χ1v) is 9.80. The van der Waals surface area contributed by atoms with Gasteiger partial charge in [-0.05, 0) is 29.7 Å². The summed E-state index contributed by atoms with van der Waals surface area (Å²) in [5.41, 5.74) is 1.36. The quantitative estimate of drug-likeness (QED) is 0.634. The number of aromatic nitrogens is 3. The lowest BCUT2D eigenvalue weighted by Gasteiger charge is -2.32. The molecule has 0 unspecified atom stereocenters. The van der Waals surface area contributed by atoms with Gasteiger partial charge < -0.3 is 14.2 Å². The van der Waals surface area contributed by atoms with E-state index in [1.54, 1.807) is 47.2 Å². The molecule has 3 heterocycles. The number of benzene rings is 1. The van der Waals surface area contributed by atoms with E-state index in [0.29, 0.717) is 43.2 Å². The highest BCUT2D eigenvalue weighted by atomic mass is 19.4. The Hall–Kier alpha value is -3.20. The number of aryl methyl sites for hydroxylation is 1. The van der Waals surface area contributed by atoms with Crippen LogP contribution in [0, 0.1) is 0 Å². The van der Waals surface area contributed by atoms with Crippen molar-refractivity contribution in [2.75, 3.05) is 19.7 Å². The van der Waals surface area contributed by atoms with Crippen LogP contribution >= 0.6 is 0 Å². The first-order valence-electron chi connectivity index (χ1n) is 9.80. The molecule has 1 aromatic carbocycles. The van der Waals surface area contributed by atoms with Gasteiger partial charge in [-0.2, -0.15) is 13.2 Å². The first-order chi connectivity index (χ1) is 14.8. The highest BCUT2D eigenvalue weighted by Gasteiger charge is 2.30. The molecule has 0 N–H and O–H groups in total. The molecule has 6 nitrogen and oxygen atoms in total. The van der Waals surface area contributed by atoms with Gasteiger partial charge in [-0.3, -0.25) is 9.78 Å². The Balaban J connectivity index is 1.43. The van der Waals surface area contributed by atoms with Crippen molar-refractivity contribution in [3.05, 3.63) is 83.2 Å². The molecule has 1 saturated heterocycles. The van der Waals surface area contributed by atoms with Gasteiger partial charge in [-0.1, -0.05) is 24.3 Å². The molecule has 4 rings (SSSR count). The van der Waals surface area contributed by atoms with Gasteiger partial charge in [0.05, 0.1) is 24.4 Å². The van der Waals surface area contributed by atoms with Gasteiger partial charge in [0.2, 0.25) is 0 Å². The van der Waals surface area contributed by atoms with E-state index in [-0.39, 0.29) is 12.0 Å². The molecule has 0 spiro atoms. The number of hydrogen-bond acceptors (Lipinski definition) is 4. The molecule has 1 fully saturated rings.